The molecule has 0 bridgehead atoms. The molecule has 0 radical (unpaired) electrons. The lowest BCUT2D eigenvalue weighted by Gasteiger charge is -2.26. The number of para-hydroxylation sites is 1. The van der Waals surface area contributed by atoms with E-state index in [1.54, 1.807) is 0 Å². The van der Waals surface area contributed by atoms with Crippen LogP contribution in [0.2, 0.25) is 0 Å². The predicted octanol–water partition coefficient (Wildman–Crippen LogP) is 4.37. The van der Waals surface area contributed by atoms with Crippen molar-refractivity contribution >= 4 is 17.7 Å². The maximum Gasteiger partial charge on any atom is 0.233 e. The molecule has 2 aromatic carbocycles. The van der Waals surface area contributed by atoms with Crippen molar-refractivity contribution < 1.29 is 14.3 Å². The summed E-state index contributed by atoms with van der Waals surface area (Å²) in [4.78, 5) is 15.3. The first-order valence-electron chi connectivity index (χ1n) is 11.6. The molecule has 6 rings (SSSR count). The molecule has 1 amide bonds. The van der Waals surface area contributed by atoms with E-state index >= 15 is 0 Å². The fraction of sp³-hybridized carbons (Fsp3) is 0.400. The van der Waals surface area contributed by atoms with Crippen LogP contribution in [0.5, 0.6) is 11.5 Å². The highest BCUT2D eigenvalue weighted by atomic mass is 32.2. The summed E-state index contributed by atoms with van der Waals surface area (Å²) < 4.78 is 13.5. The van der Waals surface area contributed by atoms with Gasteiger partial charge in [-0.25, -0.2) is 0 Å². The van der Waals surface area contributed by atoms with Crippen LogP contribution in [0.25, 0.3) is 5.69 Å². The van der Waals surface area contributed by atoms with Crippen molar-refractivity contribution in [3.8, 4) is 17.2 Å². The maximum atomic E-state index is 13.3. The van der Waals surface area contributed by atoms with Crippen molar-refractivity contribution in [1.29, 1.82) is 0 Å². The van der Waals surface area contributed by atoms with E-state index < -0.39 is 0 Å². The Hall–Kier alpha value is -3.00. The highest BCUT2D eigenvalue weighted by molar-refractivity contribution is 7.99. The number of aromatic nitrogens is 3. The number of hydrogen-bond acceptors (Lipinski definition) is 6. The van der Waals surface area contributed by atoms with Gasteiger partial charge in [-0.05, 0) is 55.5 Å². The van der Waals surface area contributed by atoms with E-state index in [2.05, 4.69) is 33.0 Å². The van der Waals surface area contributed by atoms with Gasteiger partial charge in [-0.1, -0.05) is 36.0 Å². The number of thioether (sulfide) groups is 1. The average molecular weight is 463 g/mol. The van der Waals surface area contributed by atoms with E-state index in [1.165, 1.54) is 11.8 Å². The van der Waals surface area contributed by atoms with Crippen LogP contribution in [-0.4, -0.2) is 51.1 Å². The van der Waals surface area contributed by atoms with E-state index in [0.29, 0.717) is 24.9 Å². The van der Waals surface area contributed by atoms with E-state index in [-0.39, 0.29) is 11.9 Å². The highest BCUT2D eigenvalue weighted by Gasteiger charge is 2.33. The van der Waals surface area contributed by atoms with E-state index in [4.69, 9.17) is 9.47 Å². The van der Waals surface area contributed by atoms with Gasteiger partial charge < -0.3 is 14.4 Å². The zero-order chi connectivity index (χ0) is 22.2. The lowest BCUT2D eigenvalue weighted by Crippen LogP contribution is -2.32. The summed E-state index contributed by atoms with van der Waals surface area (Å²) in [5.74, 6) is 3.51. The molecule has 0 spiro atoms. The normalized spacial score (nSPS) is 19.6. The van der Waals surface area contributed by atoms with Crippen LogP contribution >= 0.6 is 11.8 Å². The summed E-state index contributed by atoms with van der Waals surface area (Å²) in [5.41, 5.74) is 2.16. The number of carbonyl (C=O) groups excluding carboxylic acids is 1. The molecule has 1 saturated heterocycles. The maximum absolute atomic E-state index is 13.3. The second-order valence-electron chi connectivity index (χ2n) is 8.72. The molecule has 2 fully saturated rings. The first-order valence-corrected chi connectivity index (χ1v) is 12.6. The summed E-state index contributed by atoms with van der Waals surface area (Å²) >= 11 is 1.48. The minimum Gasteiger partial charge on any atom is -0.486 e. The van der Waals surface area contributed by atoms with Crippen molar-refractivity contribution in [3.63, 3.8) is 0 Å². The first-order chi connectivity index (χ1) is 16.3. The third-order valence-corrected chi connectivity index (χ3v) is 7.38. The molecule has 1 aromatic heterocycles. The van der Waals surface area contributed by atoms with Crippen LogP contribution in [0.15, 0.2) is 53.7 Å². The van der Waals surface area contributed by atoms with Crippen molar-refractivity contribution in [2.45, 2.75) is 42.8 Å². The topological polar surface area (TPSA) is 69.5 Å². The lowest BCUT2D eigenvalue weighted by atomic mass is 10.0. The fourth-order valence-electron chi connectivity index (χ4n) is 4.69. The molecule has 1 atom stereocenters. The molecular formula is C25H26N4O3S. The zero-order valence-electron chi connectivity index (χ0n) is 18.4. The van der Waals surface area contributed by atoms with Crippen LogP contribution in [0.3, 0.4) is 0 Å². The summed E-state index contributed by atoms with van der Waals surface area (Å²) in [6, 6.07) is 16.3. The molecule has 3 aromatic rings. The monoisotopic (exact) mass is 462 g/mol. The Bertz CT molecular complexity index is 1160. The Labute approximate surface area is 197 Å². The number of likely N-dealkylation sites (tertiary alicyclic amines) is 1. The Kier molecular flexibility index (Phi) is 5.46. The zero-order valence-corrected chi connectivity index (χ0v) is 19.2. The SMILES string of the molecule is O=C(CSc1nnc(C2CC2)n1-c1ccccc1)N1CCC[C@H]1c1ccc2c(c1)OCCO2. The fourth-order valence-corrected chi connectivity index (χ4v) is 5.53. The predicted molar refractivity (Wildman–Crippen MR) is 125 cm³/mol. The van der Waals surface area contributed by atoms with E-state index in [1.807, 2.05) is 35.2 Å². The molecular weight excluding hydrogens is 436 g/mol. The summed E-state index contributed by atoms with van der Waals surface area (Å²) in [6.45, 7) is 1.91. The number of carbonyl (C=O) groups is 1. The van der Waals surface area contributed by atoms with Crippen LogP contribution in [0.1, 0.15) is 49.0 Å². The molecule has 170 valence electrons. The Morgan fingerprint density at radius 1 is 1.00 bits per heavy atom. The lowest BCUT2D eigenvalue weighted by molar-refractivity contribution is -0.129. The third-order valence-electron chi connectivity index (χ3n) is 6.46. The molecule has 7 nitrogen and oxygen atoms in total. The summed E-state index contributed by atoms with van der Waals surface area (Å²) in [5, 5.41) is 9.71. The number of ether oxygens (including phenoxy) is 2. The van der Waals surface area contributed by atoms with Gasteiger partial charge in [-0.15, -0.1) is 10.2 Å². The number of fused-ring (bicyclic) bond motifs is 1. The van der Waals surface area contributed by atoms with Gasteiger partial charge in [-0.2, -0.15) is 0 Å². The standard InChI is InChI=1S/C25H26N4O3S/c30-23(28-12-4-7-20(28)18-10-11-21-22(15-18)32-14-13-31-21)16-33-25-27-26-24(17-8-9-17)29(25)19-5-2-1-3-6-19/h1-3,5-6,10-11,15,17,20H,4,7-9,12-14,16H2/t20-/m0/s1. The Morgan fingerprint density at radius 2 is 1.82 bits per heavy atom. The molecule has 2 aliphatic heterocycles. The highest BCUT2D eigenvalue weighted by Crippen LogP contribution is 2.42. The van der Waals surface area contributed by atoms with Crippen molar-refractivity contribution in [2.75, 3.05) is 25.5 Å². The van der Waals surface area contributed by atoms with Gasteiger partial charge in [0, 0.05) is 18.2 Å². The number of nitrogens with zero attached hydrogens (tertiary/aromatic N) is 4. The number of amides is 1. The third kappa shape index (κ3) is 4.08. The van der Waals surface area contributed by atoms with Gasteiger partial charge in [0.25, 0.3) is 0 Å². The number of rotatable bonds is 6. The smallest absolute Gasteiger partial charge is 0.233 e. The van der Waals surface area contributed by atoms with Gasteiger partial charge >= 0.3 is 0 Å². The minimum atomic E-state index is 0.0722. The van der Waals surface area contributed by atoms with Gasteiger partial charge in [-0.3, -0.25) is 9.36 Å². The Balaban J connectivity index is 1.19. The molecule has 8 heteroatoms. The second kappa shape index (κ2) is 8.74. The number of benzene rings is 2. The quantitative estimate of drug-likeness (QED) is 0.507. The van der Waals surface area contributed by atoms with Crippen LogP contribution in [-0.2, 0) is 4.79 Å². The molecule has 3 aliphatic rings. The summed E-state index contributed by atoms with van der Waals surface area (Å²) in [6.07, 6.45) is 4.27. The van der Waals surface area contributed by atoms with Gasteiger partial charge in [0.2, 0.25) is 5.91 Å². The Morgan fingerprint density at radius 3 is 2.64 bits per heavy atom. The van der Waals surface area contributed by atoms with Gasteiger partial charge in [0.15, 0.2) is 16.7 Å². The van der Waals surface area contributed by atoms with Crippen LogP contribution < -0.4 is 9.47 Å². The first kappa shape index (κ1) is 20.6. The van der Waals surface area contributed by atoms with Crippen LogP contribution in [0, 0.1) is 0 Å². The molecule has 0 unspecified atom stereocenters. The molecule has 3 heterocycles. The van der Waals surface area contributed by atoms with Crippen molar-refractivity contribution in [3.05, 3.63) is 59.9 Å². The molecule has 1 aliphatic carbocycles. The van der Waals surface area contributed by atoms with Crippen molar-refractivity contribution in [2.24, 2.45) is 0 Å². The summed E-state index contributed by atoms with van der Waals surface area (Å²) in [7, 11) is 0. The van der Waals surface area contributed by atoms with E-state index in [9.17, 15) is 4.79 Å². The average Bonchev–Trinajstić information content (AvgIpc) is 3.43. The van der Waals surface area contributed by atoms with Gasteiger partial charge in [0.1, 0.15) is 19.0 Å². The van der Waals surface area contributed by atoms with Gasteiger partial charge in [0.05, 0.1) is 11.8 Å². The second-order valence-corrected chi connectivity index (χ2v) is 9.67. The number of hydrogen-bond donors (Lipinski definition) is 0. The molecule has 1 saturated carbocycles. The van der Waals surface area contributed by atoms with Crippen LogP contribution in [0.4, 0.5) is 0 Å². The van der Waals surface area contributed by atoms with E-state index in [0.717, 1.165) is 66.0 Å². The molecule has 0 N–H and O–H groups in total. The molecule has 33 heavy (non-hydrogen) atoms. The minimum absolute atomic E-state index is 0.0722. The largest absolute Gasteiger partial charge is 0.486 e. The van der Waals surface area contributed by atoms with Crippen molar-refractivity contribution in [1.82, 2.24) is 19.7 Å².